The van der Waals surface area contributed by atoms with Crippen molar-refractivity contribution in [2.75, 3.05) is 39.5 Å². The molecular weight excluding hydrogens is 518 g/mol. The van der Waals surface area contributed by atoms with E-state index in [1.54, 1.807) is 12.1 Å². The fourth-order valence-corrected chi connectivity index (χ4v) is 5.26. The summed E-state index contributed by atoms with van der Waals surface area (Å²) in [5.41, 5.74) is 4.64. The van der Waals surface area contributed by atoms with Gasteiger partial charge in [0.2, 0.25) is 0 Å². The van der Waals surface area contributed by atoms with Gasteiger partial charge in [-0.2, -0.15) is 0 Å². The van der Waals surface area contributed by atoms with Crippen molar-refractivity contribution in [3.05, 3.63) is 70.2 Å². The summed E-state index contributed by atoms with van der Waals surface area (Å²) < 4.78 is 23.5. The van der Waals surface area contributed by atoms with Gasteiger partial charge in [-0.3, -0.25) is 4.79 Å². The number of halogens is 1. The average molecular weight is 552 g/mol. The van der Waals surface area contributed by atoms with Crippen LogP contribution in [0, 0.1) is 6.92 Å². The highest BCUT2D eigenvalue weighted by atomic mass is 35.5. The number of carbonyl (C=O) groups is 1. The predicted molar refractivity (Wildman–Crippen MR) is 151 cm³/mol. The Kier molecular flexibility index (Phi) is 8.91. The van der Waals surface area contributed by atoms with E-state index in [2.05, 4.69) is 17.9 Å². The zero-order chi connectivity index (χ0) is 27.2. The number of hydrogen-bond donors (Lipinski definition) is 1. The predicted octanol–water partition coefficient (Wildman–Crippen LogP) is 5.70. The van der Waals surface area contributed by atoms with Crippen LogP contribution < -0.4 is 18.9 Å². The number of hydrogen-bond acceptors (Lipinski definition) is 7. The number of aliphatic hydroxyl groups excluding tert-OH is 1. The molecule has 5 rings (SSSR count). The Morgan fingerprint density at radius 2 is 1.90 bits per heavy atom. The van der Waals surface area contributed by atoms with Crippen LogP contribution >= 0.6 is 11.6 Å². The lowest BCUT2D eigenvalue weighted by Crippen LogP contribution is -2.23. The Balaban J connectivity index is 1.22. The Hall–Kier alpha value is -3.26. The van der Waals surface area contributed by atoms with Crippen LogP contribution in [0.1, 0.15) is 40.7 Å². The third kappa shape index (κ3) is 6.67. The summed E-state index contributed by atoms with van der Waals surface area (Å²) in [7, 11) is 0. The molecule has 0 spiro atoms. The summed E-state index contributed by atoms with van der Waals surface area (Å²) in [6.45, 7) is 6.58. The smallest absolute Gasteiger partial charge is 0.161 e. The highest BCUT2D eigenvalue weighted by Gasteiger charge is 2.19. The molecule has 3 aromatic rings. The number of nitrogens with zero attached hydrogens (tertiary/aromatic N) is 1. The number of rotatable bonds is 11. The van der Waals surface area contributed by atoms with Crippen LogP contribution in [0.25, 0.3) is 11.1 Å². The normalized spacial score (nSPS) is 16.7. The quantitative estimate of drug-likeness (QED) is 0.242. The van der Waals surface area contributed by atoms with Gasteiger partial charge in [0.1, 0.15) is 31.3 Å². The molecule has 206 valence electrons. The molecule has 0 unspecified atom stereocenters. The average Bonchev–Trinajstić information content (AvgIpc) is 3.37. The molecule has 1 fully saturated rings. The summed E-state index contributed by atoms with van der Waals surface area (Å²) in [5.74, 6) is 2.44. The van der Waals surface area contributed by atoms with Crippen molar-refractivity contribution in [3.8, 4) is 34.1 Å². The number of aldehydes is 1. The highest BCUT2D eigenvalue weighted by molar-refractivity contribution is 6.32. The molecule has 0 saturated carbocycles. The van der Waals surface area contributed by atoms with Gasteiger partial charge < -0.3 is 29.0 Å². The van der Waals surface area contributed by atoms with E-state index in [0.29, 0.717) is 48.5 Å². The third-order valence-corrected chi connectivity index (χ3v) is 7.54. The van der Waals surface area contributed by atoms with Gasteiger partial charge in [0.25, 0.3) is 0 Å². The molecule has 0 amide bonds. The second kappa shape index (κ2) is 12.7. The van der Waals surface area contributed by atoms with Crippen LogP contribution in [0.4, 0.5) is 0 Å². The van der Waals surface area contributed by atoms with E-state index in [-0.39, 0.29) is 6.10 Å². The lowest BCUT2D eigenvalue weighted by Gasteiger charge is -2.20. The Morgan fingerprint density at radius 3 is 2.69 bits per heavy atom. The van der Waals surface area contributed by atoms with Crippen LogP contribution in [0.15, 0.2) is 48.5 Å². The Morgan fingerprint density at radius 1 is 1.05 bits per heavy atom. The highest BCUT2D eigenvalue weighted by Crippen LogP contribution is 2.37. The number of β-amino-alcohol motifs (C(OH)–C–C–N with tert-alkyl or cyclic N) is 1. The number of aliphatic hydroxyl groups is 1. The summed E-state index contributed by atoms with van der Waals surface area (Å²) in [6.07, 6.45) is 3.18. The van der Waals surface area contributed by atoms with E-state index in [9.17, 15) is 9.90 Å². The SMILES string of the molecule is Cc1c(COc2cc(OCCCCN3CC[C@@H](O)C3)c(C=O)cc2Cl)cccc1-c1ccc2c(c1)OCCO2. The molecule has 0 aliphatic carbocycles. The minimum atomic E-state index is -0.205. The van der Waals surface area contributed by atoms with Crippen LogP contribution in [-0.4, -0.2) is 61.9 Å². The second-order valence-electron chi connectivity index (χ2n) is 9.97. The van der Waals surface area contributed by atoms with Gasteiger partial charge >= 0.3 is 0 Å². The van der Waals surface area contributed by atoms with Crippen molar-refractivity contribution in [2.45, 2.75) is 38.9 Å². The number of benzene rings is 3. The summed E-state index contributed by atoms with van der Waals surface area (Å²) in [5, 5.41) is 10.0. The van der Waals surface area contributed by atoms with E-state index < -0.39 is 0 Å². The first-order chi connectivity index (χ1) is 19.0. The number of unbranched alkanes of at least 4 members (excludes halogenated alkanes) is 1. The first kappa shape index (κ1) is 27.3. The molecule has 7 nitrogen and oxygen atoms in total. The van der Waals surface area contributed by atoms with Crippen molar-refractivity contribution >= 4 is 17.9 Å². The first-order valence-corrected chi connectivity index (χ1v) is 13.8. The van der Waals surface area contributed by atoms with Crippen LogP contribution in [0.5, 0.6) is 23.0 Å². The van der Waals surface area contributed by atoms with Gasteiger partial charge in [-0.25, -0.2) is 0 Å². The molecule has 1 atom stereocenters. The van der Waals surface area contributed by atoms with Crippen molar-refractivity contribution < 1.29 is 28.8 Å². The molecule has 2 heterocycles. The molecule has 0 bridgehead atoms. The number of likely N-dealkylation sites (tertiary alicyclic amines) is 1. The van der Waals surface area contributed by atoms with Crippen molar-refractivity contribution in [3.63, 3.8) is 0 Å². The van der Waals surface area contributed by atoms with E-state index in [1.807, 2.05) is 30.3 Å². The molecule has 1 N–H and O–H groups in total. The summed E-state index contributed by atoms with van der Waals surface area (Å²) >= 11 is 6.46. The van der Waals surface area contributed by atoms with Crippen LogP contribution in [0.3, 0.4) is 0 Å². The van der Waals surface area contributed by atoms with E-state index in [1.165, 1.54) is 0 Å². The third-order valence-electron chi connectivity index (χ3n) is 7.25. The minimum absolute atomic E-state index is 0.205. The first-order valence-electron chi connectivity index (χ1n) is 13.4. The maximum absolute atomic E-state index is 11.6. The molecular formula is C31H34ClNO6. The number of ether oxygens (including phenoxy) is 4. The van der Waals surface area contributed by atoms with Gasteiger partial charge in [-0.1, -0.05) is 35.9 Å². The molecule has 3 aromatic carbocycles. The monoisotopic (exact) mass is 551 g/mol. The largest absolute Gasteiger partial charge is 0.493 e. The van der Waals surface area contributed by atoms with Crippen LogP contribution in [-0.2, 0) is 6.61 Å². The standard InChI is InChI=1S/C31H34ClNO6/c1-21-23(5-4-6-26(21)22-7-8-28-31(16-22)38-14-13-37-28)20-39-30-17-29(24(19-34)15-27(30)32)36-12-3-2-10-33-11-9-25(35)18-33/h4-8,15-17,19,25,35H,2-3,9-14,18,20H2,1H3/t25-/m1/s1. The van der Waals surface area contributed by atoms with Crippen molar-refractivity contribution in [1.29, 1.82) is 0 Å². The van der Waals surface area contributed by atoms with E-state index in [0.717, 1.165) is 78.9 Å². The zero-order valence-electron chi connectivity index (χ0n) is 22.2. The topological polar surface area (TPSA) is 77.5 Å². The van der Waals surface area contributed by atoms with E-state index in [4.69, 9.17) is 30.5 Å². The molecule has 1 saturated heterocycles. The fourth-order valence-electron chi connectivity index (χ4n) is 5.03. The minimum Gasteiger partial charge on any atom is -0.493 e. The van der Waals surface area contributed by atoms with Gasteiger partial charge in [0, 0.05) is 19.2 Å². The molecule has 39 heavy (non-hydrogen) atoms. The maximum atomic E-state index is 11.6. The van der Waals surface area contributed by atoms with Crippen molar-refractivity contribution in [2.24, 2.45) is 0 Å². The summed E-state index contributed by atoms with van der Waals surface area (Å²) in [4.78, 5) is 13.9. The van der Waals surface area contributed by atoms with E-state index >= 15 is 0 Å². The second-order valence-corrected chi connectivity index (χ2v) is 10.4. The lowest BCUT2D eigenvalue weighted by atomic mass is 9.96. The fraction of sp³-hybridized carbons (Fsp3) is 0.387. The molecule has 2 aliphatic heterocycles. The van der Waals surface area contributed by atoms with Crippen LogP contribution in [0.2, 0.25) is 5.02 Å². The molecule has 2 aliphatic rings. The molecule has 0 aromatic heterocycles. The number of fused-ring (bicyclic) bond motifs is 1. The zero-order valence-corrected chi connectivity index (χ0v) is 22.9. The van der Waals surface area contributed by atoms with Gasteiger partial charge in [0.15, 0.2) is 17.8 Å². The summed E-state index contributed by atoms with van der Waals surface area (Å²) in [6, 6.07) is 15.4. The lowest BCUT2D eigenvalue weighted by molar-refractivity contribution is 0.111. The Bertz CT molecular complexity index is 1310. The van der Waals surface area contributed by atoms with Gasteiger partial charge in [0.05, 0.1) is 23.3 Å². The maximum Gasteiger partial charge on any atom is 0.161 e. The van der Waals surface area contributed by atoms with Gasteiger partial charge in [-0.05, 0) is 73.2 Å². The number of carbonyl (C=O) groups excluding carboxylic acids is 1. The van der Waals surface area contributed by atoms with Crippen molar-refractivity contribution in [1.82, 2.24) is 4.90 Å². The molecule has 8 heteroatoms. The van der Waals surface area contributed by atoms with Gasteiger partial charge in [-0.15, -0.1) is 0 Å². The molecule has 0 radical (unpaired) electrons. The Labute approximate surface area is 234 Å².